The van der Waals surface area contributed by atoms with Gasteiger partial charge in [-0.3, -0.25) is 9.59 Å². The smallest absolute Gasteiger partial charge is 0.282 e. The number of aromatic nitrogens is 2. The van der Waals surface area contributed by atoms with Crippen molar-refractivity contribution in [2.75, 3.05) is 36.9 Å². The summed E-state index contributed by atoms with van der Waals surface area (Å²) < 4.78 is 12.9. The van der Waals surface area contributed by atoms with Crippen LogP contribution in [0.1, 0.15) is 6.42 Å². The van der Waals surface area contributed by atoms with E-state index < -0.39 is 0 Å². The molecule has 0 bridgehead atoms. The predicted molar refractivity (Wildman–Crippen MR) is 114 cm³/mol. The molecular formula is C19H23ClN4O4S. The van der Waals surface area contributed by atoms with Crippen LogP contribution in [-0.4, -0.2) is 53.8 Å². The van der Waals surface area contributed by atoms with Crippen molar-refractivity contribution in [2.24, 2.45) is 7.05 Å². The number of fused-ring (bicyclic) bond motifs is 2. The number of nitrogens with zero attached hydrogens (tertiary/aromatic N) is 3. The Morgan fingerprint density at radius 1 is 1.34 bits per heavy atom. The summed E-state index contributed by atoms with van der Waals surface area (Å²) >= 11 is 1.49. The maximum absolute atomic E-state index is 12.8. The van der Waals surface area contributed by atoms with E-state index in [0.717, 1.165) is 17.9 Å². The van der Waals surface area contributed by atoms with Gasteiger partial charge < -0.3 is 19.7 Å². The van der Waals surface area contributed by atoms with Crippen LogP contribution in [0.15, 0.2) is 40.2 Å². The summed E-state index contributed by atoms with van der Waals surface area (Å²) in [5, 5.41) is 7.23. The maximum Gasteiger partial charge on any atom is 0.282 e. The fourth-order valence-corrected chi connectivity index (χ4v) is 4.26. The van der Waals surface area contributed by atoms with Gasteiger partial charge in [-0.1, -0.05) is 12.1 Å². The molecule has 2 aliphatic rings. The molecule has 1 aromatic heterocycles. The molecule has 0 saturated heterocycles. The molecule has 0 aliphatic carbocycles. The molecule has 0 radical (unpaired) electrons. The molecule has 0 fully saturated rings. The van der Waals surface area contributed by atoms with Gasteiger partial charge in [-0.15, -0.1) is 24.2 Å². The van der Waals surface area contributed by atoms with E-state index in [1.54, 1.807) is 18.1 Å². The van der Waals surface area contributed by atoms with Crippen molar-refractivity contribution in [3.63, 3.8) is 0 Å². The molecule has 0 spiro atoms. The van der Waals surface area contributed by atoms with Gasteiger partial charge in [-0.05, 0) is 24.3 Å². The van der Waals surface area contributed by atoms with E-state index in [2.05, 4.69) is 10.4 Å². The molecule has 1 aromatic carbocycles. The normalized spacial score (nSPS) is 17.7. The molecule has 3 heterocycles. The van der Waals surface area contributed by atoms with Crippen LogP contribution in [0, 0.1) is 0 Å². The molecule has 4 rings (SSSR count). The minimum Gasteiger partial charge on any atom is -0.486 e. The number of amides is 1. The van der Waals surface area contributed by atoms with E-state index in [-0.39, 0.29) is 36.5 Å². The van der Waals surface area contributed by atoms with E-state index in [4.69, 9.17) is 9.47 Å². The van der Waals surface area contributed by atoms with Crippen molar-refractivity contribution < 1.29 is 14.3 Å². The first kappa shape index (κ1) is 21.5. The fourth-order valence-electron chi connectivity index (χ4n) is 3.21. The summed E-state index contributed by atoms with van der Waals surface area (Å²) in [7, 11) is 1.62. The zero-order valence-electron chi connectivity index (χ0n) is 16.0. The monoisotopic (exact) mass is 438 g/mol. The molecular weight excluding hydrogens is 416 g/mol. The van der Waals surface area contributed by atoms with Gasteiger partial charge in [0.25, 0.3) is 5.56 Å². The van der Waals surface area contributed by atoms with E-state index in [1.165, 1.54) is 16.4 Å². The Labute approximate surface area is 179 Å². The number of nitrogens with one attached hydrogen (secondary N) is 1. The number of para-hydroxylation sites is 2. The van der Waals surface area contributed by atoms with Crippen molar-refractivity contribution in [1.82, 2.24) is 15.1 Å². The van der Waals surface area contributed by atoms with Crippen LogP contribution < -0.4 is 25.2 Å². The lowest BCUT2D eigenvalue weighted by Crippen LogP contribution is -2.44. The fraction of sp³-hybridized carbons (Fsp3) is 0.421. The molecule has 1 amide bonds. The predicted octanol–water partition coefficient (Wildman–Crippen LogP) is 1.46. The van der Waals surface area contributed by atoms with Crippen molar-refractivity contribution >= 4 is 35.8 Å². The summed E-state index contributed by atoms with van der Waals surface area (Å²) in [6.07, 6.45) is 2.26. The Hall–Kier alpha value is -2.23. The molecule has 156 valence electrons. The van der Waals surface area contributed by atoms with E-state index in [1.807, 2.05) is 24.3 Å². The highest BCUT2D eigenvalue weighted by Gasteiger charge is 2.25. The van der Waals surface area contributed by atoms with Gasteiger partial charge in [-0.2, -0.15) is 5.10 Å². The topological polar surface area (TPSA) is 85.7 Å². The van der Waals surface area contributed by atoms with E-state index >= 15 is 0 Å². The number of carbonyl (C=O) groups excluding carboxylic acids is 1. The third kappa shape index (κ3) is 4.68. The Balaban J connectivity index is 0.00000240. The van der Waals surface area contributed by atoms with Crippen LogP contribution in [0.4, 0.5) is 5.69 Å². The maximum atomic E-state index is 12.8. The van der Waals surface area contributed by atoms with Crippen LogP contribution >= 0.6 is 24.2 Å². The molecule has 10 heteroatoms. The van der Waals surface area contributed by atoms with Crippen LogP contribution in [-0.2, 0) is 11.8 Å². The minimum atomic E-state index is -0.165. The number of anilines is 1. The molecule has 0 saturated carbocycles. The summed E-state index contributed by atoms with van der Waals surface area (Å²) in [5.74, 6) is 2.17. The Bertz CT molecular complexity index is 939. The number of benzene rings is 1. The zero-order valence-corrected chi connectivity index (χ0v) is 17.6. The summed E-state index contributed by atoms with van der Waals surface area (Å²) in [5.41, 5.74) is 0.435. The van der Waals surface area contributed by atoms with Gasteiger partial charge in [0.2, 0.25) is 5.91 Å². The quantitative estimate of drug-likeness (QED) is 0.773. The summed E-state index contributed by atoms with van der Waals surface area (Å²) in [4.78, 5) is 27.4. The average Bonchev–Trinajstić information content (AvgIpc) is 2.93. The van der Waals surface area contributed by atoms with Crippen molar-refractivity contribution in [3.05, 3.63) is 40.8 Å². The van der Waals surface area contributed by atoms with Crippen LogP contribution in [0.25, 0.3) is 0 Å². The highest BCUT2D eigenvalue weighted by molar-refractivity contribution is 7.99. The first-order chi connectivity index (χ1) is 13.6. The standard InChI is InChI=1S/C19H22N4O4S.ClH/c1-22-19(25)18-14(10-21-22)23(7-4-8-28-18)17(24)11-20-9-13-12-26-15-5-2-3-6-16(15)27-13;/h2-3,5-6,10,13,20H,4,7-9,11-12H2,1H3;1H. The number of thioether (sulfide) groups is 1. The Morgan fingerprint density at radius 2 is 2.14 bits per heavy atom. The largest absolute Gasteiger partial charge is 0.486 e. The first-order valence-electron chi connectivity index (χ1n) is 9.22. The number of halogens is 1. The third-order valence-corrected chi connectivity index (χ3v) is 5.82. The van der Waals surface area contributed by atoms with Crippen LogP contribution in [0.3, 0.4) is 0 Å². The van der Waals surface area contributed by atoms with E-state index in [0.29, 0.717) is 36.0 Å². The highest BCUT2D eigenvalue weighted by Crippen LogP contribution is 2.31. The number of ether oxygens (including phenoxy) is 2. The lowest BCUT2D eigenvalue weighted by atomic mass is 10.2. The summed E-state index contributed by atoms with van der Waals surface area (Å²) in [6, 6.07) is 7.54. The molecule has 1 N–H and O–H groups in total. The van der Waals surface area contributed by atoms with Gasteiger partial charge in [0, 0.05) is 20.1 Å². The molecule has 29 heavy (non-hydrogen) atoms. The lowest BCUT2D eigenvalue weighted by Gasteiger charge is -2.27. The summed E-state index contributed by atoms with van der Waals surface area (Å²) in [6.45, 7) is 1.65. The second-order valence-electron chi connectivity index (χ2n) is 6.66. The van der Waals surface area contributed by atoms with E-state index in [9.17, 15) is 9.59 Å². The van der Waals surface area contributed by atoms with Crippen molar-refractivity contribution in [3.8, 4) is 11.5 Å². The Morgan fingerprint density at radius 3 is 2.97 bits per heavy atom. The van der Waals surface area contributed by atoms with Crippen LogP contribution in [0.5, 0.6) is 11.5 Å². The third-order valence-electron chi connectivity index (χ3n) is 4.65. The highest BCUT2D eigenvalue weighted by atomic mass is 35.5. The number of hydrogen-bond donors (Lipinski definition) is 1. The van der Waals surface area contributed by atoms with Crippen molar-refractivity contribution in [2.45, 2.75) is 17.4 Å². The van der Waals surface area contributed by atoms with Gasteiger partial charge >= 0.3 is 0 Å². The second kappa shape index (κ2) is 9.51. The molecule has 8 nitrogen and oxygen atoms in total. The number of hydrogen-bond acceptors (Lipinski definition) is 7. The van der Waals surface area contributed by atoms with Gasteiger partial charge in [0.15, 0.2) is 11.5 Å². The number of carbonyl (C=O) groups is 1. The SMILES string of the molecule is Cl.Cn1ncc2c(c1=O)SCCCN2C(=O)CNCC1COc2ccccc2O1. The van der Waals surface area contributed by atoms with Crippen LogP contribution in [0.2, 0.25) is 0 Å². The van der Waals surface area contributed by atoms with Gasteiger partial charge in [0.05, 0.1) is 23.3 Å². The zero-order chi connectivity index (χ0) is 19.5. The Kier molecular flexibility index (Phi) is 7.05. The molecule has 1 unspecified atom stereocenters. The lowest BCUT2D eigenvalue weighted by molar-refractivity contribution is -0.117. The number of rotatable bonds is 4. The first-order valence-corrected chi connectivity index (χ1v) is 10.2. The molecule has 2 aromatic rings. The molecule has 1 atom stereocenters. The number of aryl methyl sites for hydroxylation is 1. The van der Waals surface area contributed by atoms with Crippen molar-refractivity contribution in [1.29, 1.82) is 0 Å². The van der Waals surface area contributed by atoms with Gasteiger partial charge in [0.1, 0.15) is 12.7 Å². The van der Waals surface area contributed by atoms with Gasteiger partial charge in [-0.25, -0.2) is 4.68 Å². The molecule has 2 aliphatic heterocycles. The second-order valence-corrected chi connectivity index (χ2v) is 7.77. The minimum absolute atomic E-state index is 0. The average molecular weight is 439 g/mol.